The van der Waals surface area contributed by atoms with Crippen molar-refractivity contribution in [3.8, 4) is 5.75 Å². The summed E-state index contributed by atoms with van der Waals surface area (Å²) in [6.45, 7) is 0.651. The maximum Gasteiger partial charge on any atom is 0.289 e. The molecule has 1 aromatic carbocycles. The van der Waals surface area contributed by atoms with Crippen LogP contribution in [-0.4, -0.2) is 63.2 Å². The highest BCUT2D eigenvalue weighted by atomic mass is 32.2. The van der Waals surface area contributed by atoms with E-state index in [0.717, 1.165) is 24.2 Å². The van der Waals surface area contributed by atoms with Crippen LogP contribution in [0.25, 0.3) is 0 Å². The quantitative estimate of drug-likeness (QED) is 0.714. The van der Waals surface area contributed by atoms with Gasteiger partial charge in [-0.1, -0.05) is 12.5 Å². The Hall–Kier alpha value is -2.85. The first-order valence-electron chi connectivity index (χ1n) is 9.60. The van der Waals surface area contributed by atoms with Gasteiger partial charge in [-0.2, -0.15) is 4.31 Å². The normalized spacial score (nSPS) is 14.9. The zero-order chi connectivity index (χ0) is 21.7. The second-order valence-corrected chi connectivity index (χ2v) is 8.89. The molecule has 2 heterocycles. The molecule has 1 aromatic heterocycles. The van der Waals surface area contributed by atoms with Crippen molar-refractivity contribution in [3.63, 3.8) is 0 Å². The van der Waals surface area contributed by atoms with Gasteiger partial charge in [0.2, 0.25) is 11.0 Å². The highest BCUT2D eigenvalue weighted by Gasteiger charge is 2.30. The molecule has 3 rings (SSSR count). The van der Waals surface area contributed by atoms with Gasteiger partial charge in [0.05, 0.1) is 13.7 Å². The second kappa shape index (κ2) is 9.31. The van der Waals surface area contributed by atoms with Crippen molar-refractivity contribution < 1.29 is 27.2 Å². The Bertz CT molecular complexity index is 1010. The molecule has 0 atom stereocenters. The van der Waals surface area contributed by atoms with E-state index in [1.165, 1.54) is 30.6 Å². The number of carbonyl (C=O) groups excluding carboxylic acids is 2. The fourth-order valence-corrected chi connectivity index (χ4v) is 4.61. The number of amides is 2. The molecule has 0 saturated carbocycles. The molecule has 1 aliphatic heterocycles. The van der Waals surface area contributed by atoms with Crippen molar-refractivity contribution >= 4 is 27.5 Å². The molecule has 0 unspecified atom stereocenters. The van der Waals surface area contributed by atoms with Gasteiger partial charge in [0.1, 0.15) is 5.75 Å². The van der Waals surface area contributed by atoms with E-state index in [9.17, 15) is 18.0 Å². The number of carbonyl (C=O) groups is 2. The summed E-state index contributed by atoms with van der Waals surface area (Å²) in [4.78, 5) is 26.0. The molecule has 0 aliphatic carbocycles. The molecule has 2 amide bonds. The lowest BCUT2D eigenvalue weighted by molar-refractivity contribution is -0.116. The standard InChI is InChI=1S/C20H25N3O6S/c1-22(14-18(24)21-15-7-6-8-16(13-15)28-2)20(25)17-9-10-19(29-17)30(26,27)23-11-4-3-5-12-23/h6-10,13H,3-5,11-12,14H2,1-2H3,(H,21,24). The third-order valence-corrected chi connectivity index (χ3v) is 6.56. The van der Waals surface area contributed by atoms with E-state index in [1.54, 1.807) is 24.3 Å². The Morgan fingerprint density at radius 2 is 1.90 bits per heavy atom. The topological polar surface area (TPSA) is 109 Å². The summed E-state index contributed by atoms with van der Waals surface area (Å²) < 4.78 is 37.1. The summed E-state index contributed by atoms with van der Waals surface area (Å²) in [5.74, 6) is -0.541. The Labute approximate surface area is 175 Å². The molecule has 2 aromatic rings. The zero-order valence-electron chi connectivity index (χ0n) is 17.0. The van der Waals surface area contributed by atoms with Crippen LogP contribution in [0.4, 0.5) is 5.69 Å². The Balaban J connectivity index is 1.62. The van der Waals surface area contributed by atoms with Crippen LogP contribution in [0.3, 0.4) is 0 Å². The van der Waals surface area contributed by atoms with Crippen LogP contribution in [0.15, 0.2) is 45.9 Å². The van der Waals surface area contributed by atoms with Crippen LogP contribution < -0.4 is 10.1 Å². The minimum Gasteiger partial charge on any atom is -0.497 e. The molecule has 1 aliphatic rings. The molecule has 9 nitrogen and oxygen atoms in total. The number of furan rings is 1. The number of rotatable bonds is 7. The van der Waals surface area contributed by atoms with Crippen LogP contribution in [0.2, 0.25) is 0 Å². The van der Waals surface area contributed by atoms with E-state index in [2.05, 4.69) is 5.32 Å². The van der Waals surface area contributed by atoms with Gasteiger partial charge >= 0.3 is 0 Å². The maximum absolute atomic E-state index is 12.7. The van der Waals surface area contributed by atoms with Crippen LogP contribution in [0.1, 0.15) is 29.8 Å². The molecular formula is C20H25N3O6S. The maximum atomic E-state index is 12.7. The molecule has 1 saturated heterocycles. The van der Waals surface area contributed by atoms with Crippen molar-refractivity contribution in [2.75, 3.05) is 39.1 Å². The van der Waals surface area contributed by atoms with E-state index in [4.69, 9.17) is 9.15 Å². The predicted molar refractivity (Wildman–Crippen MR) is 110 cm³/mol. The lowest BCUT2D eigenvalue weighted by atomic mass is 10.2. The number of piperidine rings is 1. The van der Waals surface area contributed by atoms with E-state index < -0.39 is 21.8 Å². The van der Waals surface area contributed by atoms with Gasteiger partial charge in [-0.05, 0) is 37.1 Å². The van der Waals surface area contributed by atoms with Crippen LogP contribution >= 0.6 is 0 Å². The number of hydrogen-bond acceptors (Lipinski definition) is 6. The first-order valence-corrected chi connectivity index (χ1v) is 11.0. The smallest absolute Gasteiger partial charge is 0.289 e. The van der Waals surface area contributed by atoms with Crippen LogP contribution in [-0.2, 0) is 14.8 Å². The first kappa shape index (κ1) is 21.8. The fourth-order valence-electron chi connectivity index (χ4n) is 3.18. The minimum absolute atomic E-state index is 0.137. The summed E-state index contributed by atoms with van der Waals surface area (Å²) in [6.07, 6.45) is 2.60. The summed E-state index contributed by atoms with van der Waals surface area (Å²) in [7, 11) is -0.802. The number of benzene rings is 1. The monoisotopic (exact) mass is 435 g/mol. The van der Waals surface area contributed by atoms with E-state index >= 15 is 0 Å². The summed E-state index contributed by atoms with van der Waals surface area (Å²) in [5, 5.41) is 2.42. The van der Waals surface area contributed by atoms with Crippen molar-refractivity contribution in [2.45, 2.75) is 24.4 Å². The third-order valence-electron chi connectivity index (χ3n) is 4.78. The van der Waals surface area contributed by atoms with Gasteiger partial charge in [0.25, 0.3) is 15.9 Å². The highest BCUT2D eigenvalue weighted by molar-refractivity contribution is 7.89. The van der Waals surface area contributed by atoms with Gasteiger partial charge in [0.15, 0.2) is 5.76 Å². The van der Waals surface area contributed by atoms with Gasteiger partial charge in [-0.25, -0.2) is 8.42 Å². The average molecular weight is 436 g/mol. The summed E-state index contributed by atoms with van der Waals surface area (Å²) >= 11 is 0. The summed E-state index contributed by atoms with van der Waals surface area (Å²) in [6, 6.07) is 9.43. The number of nitrogens with zero attached hydrogens (tertiary/aromatic N) is 2. The van der Waals surface area contributed by atoms with Gasteiger partial charge < -0.3 is 19.4 Å². The van der Waals surface area contributed by atoms with Gasteiger partial charge in [-0.3, -0.25) is 9.59 Å². The molecule has 0 bridgehead atoms. The van der Waals surface area contributed by atoms with Crippen LogP contribution in [0.5, 0.6) is 5.75 Å². The molecule has 162 valence electrons. The average Bonchev–Trinajstić information content (AvgIpc) is 3.25. The van der Waals surface area contributed by atoms with Crippen LogP contribution in [0, 0.1) is 0 Å². The Morgan fingerprint density at radius 1 is 1.17 bits per heavy atom. The first-order chi connectivity index (χ1) is 14.3. The molecule has 10 heteroatoms. The van der Waals surface area contributed by atoms with E-state index in [1.807, 2.05) is 0 Å². The van der Waals surface area contributed by atoms with Gasteiger partial charge in [0, 0.05) is 31.9 Å². The number of ether oxygens (including phenoxy) is 1. The molecule has 30 heavy (non-hydrogen) atoms. The number of anilines is 1. The number of hydrogen-bond donors (Lipinski definition) is 1. The lowest BCUT2D eigenvalue weighted by Gasteiger charge is -2.24. The molecular weight excluding hydrogens is 410 g/mol. The van der Waals surface area contributed by atoms with E-state index in [-0.39, 0.29) is 17.4 Å². The van der Waals surface area contributed by atoms with Crippen molar-refractivity contribution in [1.29, 1.82) is 0 Å². The summed E-state index contributed by atoms with van der Waals surface area (Å²) in [5.41, 5.74) is 0.535. The second-order valence-electron chi connectivity index (χ2n) is 7.02. The van der Waals surface area contributed by atoms with E-state index in [0.29, 0.717) is 24.5 Å². The predicted octanol–water partition coefficient (Wildman–Crippen LogP) is 2.17. The molecule has 1 fully saturated rings. The number of sulfonamides is 1. The lowest BCUT2D eigenvalue weighted by Crippen LogP contribution is -2.35. The van der Waals surface area contributed by atoms with Gasteiger partial charge in [-0.15, -0.1) is 0 Å². The Kier molecular flexibility index (Phi) is 6.78. The molecule has 0 radical (unpaired) electrons. The molecule has 1 N–H and O–H groups in total. The largest absolute Gasteiger partial charge is 0.497 e. The zero-order valence-corrected chi connectivity index (χ0v) is 17.8. The van der Waals surface area contributed by atoms with Crippen molar-refractivity contribution in [3.05, 3.63) is 42.2 Å². The van der Waals surface area contributed by atoms with Crippen molar-refractivity contribution in [2.24, 2.45) is 0 Å². The number of methoxy groups -OCH3 is 1. The fraction of sp³-hybridized carbons (Fsp3) is 0.400. The SMILES string of the molecule is COc1cccc(NC(=O)CN(C)C(=O)c2ccc(S(=O)(=O)N3CCCCC3)o2)c1. The Morgan fingerprint density at radius 3 is 2.60 bits per heavy atom. The minimum atomic E-state index is -3.77. The third kappa shape index (κ3) is 5.00. The number of nitrogens with one attached hydrogen (secondary N) is 1. The number of likely N-dealkylation sites (N-methyl/N-ethyl adjacent to an activating group) is 1. The highest BCUT2D eigenvalue weighted by Crippen LogP contribution is 2.23. The van der Waals surface area contributed by atoms with Crippen molar-refractivity contribution in [1.82, 2.24) is 9.21 Å². The molecule has 0 spiro atoms.